The molecule has 0 aliphatic carbocycles. The number of rotatable bonds is 4. The highest BCUT2D eigenvalue weighted by atomic mass is 79.9. The zero-order valence-corrected chi connectivity index (χ0v) is 12.7. The van der Waals surface area contributed by atoms with Crippen LogP contribution < -0.4 is 4.74 Å². The van der Waals surface area contributed by atoms with Crippen molar-refractivity contribution in [2.24, 2.45) is 0 Å². The number of ketones is 1. The normalized spacial score (nSPS) is 11.5. The van der Waals surface area contributed by atoms with Crippen LogP contribution in [0.15, 0.2) is 46.9 Å². The molecule has 1 atom stereocenters. The molecule has 3 nitrogen and oxygen atoms in total. The van der Waals surface area contributed by atoms with Crippen LogP contribution in [0.2, 0.25) is 0 Å². The molecule has 2 aromatic rings. The molecule has 5 heteroatoms. The minimum Gasteiger partial charge on any atom is -0.496 e. The van der Waals surface area contributed by atoms with Crippen LogP contribution in [-0.2, 0) is 0 Å². The second-order valence-electron chi connectivity index (χ2n) is 4.26. The average Bonchev–Trinajstić information content (AvgIpc) is 2.48. The largest absolute Gasteiger partial charge is 0.496 e. The van der Waals surface area contributed by atoms with Gasteiger partial charge >= 0.3 is 0 Å². The van der Waals surface area contributed by atoms with Crippen LogP contribution in [0.1, 0.15) is 21.8 Å². The first-order valence-corrected chi connectivity index (χ1v) is 6.90. The van der Waals surface area contributed by atoms with Crippen LogP contribution in [0.3, 0.4) is 0 Å². The molecule has 0 bridgehead atoms. The van der Waals surface area contributed by atoms with Crippen LogP contribution in [0.4, 0.5) is 4.39 Å². The number of para-hydroxylation sites is 1. The van der Waals surface area contributed by atoms with Crippen molar-refractivity contribution in [1.82, 2.24) is 0 Å². The number of nitriles is 1. The Hall–Kier alpha value is -2.19. The maximum atomic E-state index is 13.9. The van der Waals surface area contributed by atoms with Gasteiger partial charge in [-0.15, -0.1) is 0 Å². The Labute approximate surface area is 130 Å². The number of Topliss-reactive ketones (excluding diaryl/α,β-unsaturated/α-hetero) is 1. The van der Waals surface area contributed by atoms with Crippen molar-refractivity contribution in [3.05, 3.63) is 63.9 Å². The zero-order valence-electron chi connectivity index (χ0n) is 11.1. The summed E-state index contributed by atoms with van der Waals surface area (Å²) < 4.78 is 19.4. The van der Waals surface area contributed by atoms with Gasteiger partial charge in [-0.25, -0.2) is 4.39 Å². The summed E-state index contributed by atoms with van der Waals surface area (Å²) in [6.07, 6.45) is 0. The van der Waals surface area contributed by atoms with Gasteiger partial charge in [0.05, 0.1) is 18.7 Å². The van der Waals surface area contributed by atoms with Gasteiger partial charge in [-0.3, -0.25) is 4.79 Å². The fraction of sp³-hybridized carbons (Fsp3) is 0.125. The molecule has 2 aromatic carbocycles. The smallest absolute Gasteiger partial charge is 0.188 e. The fourth-order valence-electron chi connectivity index (χ4n) is 2.05. The van der Waals surface area contributed by atoms with Gasteiger partial charge in [0.1, 0.15) is 17.5 Å². The summed E-state index contributed by atoms with van der Waals surface area (Å²) in [6, 6.07) is 12.9. The van der Waals surface area contributed by atoms with Gasteiger partial charge in [0.15, 0.2) is 5.78 Å². The highest BCUT2D eigenvalue weighted by Crippen LogP contribution is 2.31. The van der Waals surface area contributed by atoms with E-state index in [0.717, 1.165) is 0 Å². The van der Waals surface area contributed by atoms with Crippen molar-refractivity contribution in [3.63, 3.8) is 0 Å². The van der Waals surface area contributed by atoms with Gasteiger partial charge in [0.2, 0.25) is 0 Å². The first kappa shape index (κ1) is 15.2. The molecule has 0 amide bonds. The molecule has 106 valence electrons. The Morgan fingerprint density at radius 2 is 2.00 bits per heavy atom. The van der Waals surface area contributed by atoms with E-state index < -0.39 is 17.5 Å². The lowest BCUT2D eigenvalue weighted by atomic mass is 9.91. The van der Waals surface area contributed by atoms with E-state index >= 15 is 0 Å². The van der Waals surface area contributed by atoms with Crippen LogP contribution in [0, 0.1) is 17.1 Å². The molecule has 0 fully saturated rings. The maximum Gasteiger partial charge on any atom is 0.188 e. The molecule has 1 unspecified atom stereocenters. The molecule has 0 aliphatic rings. The molecule has 0 aromatic heterocycles. The zero-order chi connectivity index (χ0) is 15.4. The molecular formula is C16H11BrFNO2. The number of carbonyl (C=O) groups excluding carboxylic acids is 1. The molecule has 0 heterocycles. The molecule has 0 aliphatic heterocycles. The number of hydrogen-bond acceptors (Lipinski definition) is 3. The third-order valence-corrected chi connectivity index (χ3v) is 3.71. The summed E-state index contributed by atoms with van der Waals surface area (Å²) in [5, 5.41) is 9.35. The Morgan fingerprint density at radius 1 is 1.29 bits per heavy atom. The number of ether oxygens (including phenoxy) is 1. The van der Waals surface area contributed by atoms with Gasteiger partial charge < -0.3 is 4.74 Å². The molecule has 0 saturated carbocycles. The topological polar surface area (TPSA) is 50.1 Å². The quantitative estimate of drug-likeness (QED) is 0.782. The lowest BCUT2D eigenvalue weighted by Crippen LogP contribution is -2.14. The SMILES string of the molecule is COc1ccccc1C(C#N)C(=O)c1c(F)cccc1Br. The number of methoxy groups -OCH3 is 1. The third-order valence-electron chi connectivity index (χ3n) is 3.05. The van der Waals surface area contributed by atoms with Gasteiger partial charge in [-0.1, -0.05) is 24.3 Å². The van der Waals surface area contributed by atoms with Gasteiger partial charge in [-0.2, -0.15) is 5.26 Å². The van der Waals surface area contributed by atoms with Crippen molar-refractivity contribution < 1.29 is 13.9 Å². The standard InChI is InChI=1S/C16H11BrFNO2/c1-21-14-8-3-2-5-10(14)11(9-19)16(20)15-12(17)6-4-7-13(15)18/h2-8,11H,1H3. The Morgan fingerprint density at radius 3 is 2.62 bits per heavy atom. The molecule has 0 N–H and O–H groups in total. The van der Waals surface area contributed by atoms with E-state index in [1.807, 2.05) is 6.07 Å². The van der Waals surface area contributed by atoms with E-state index in [1.165, 1.54) is 19.2 Å². The Bertz CT molecular complexity index is 704. The summed E-state index contributed by atoms with van der Waals surface area (Å²) in [5.41, 5.74) is 0.289. The molecule has 0 radical (unpaired) electrons. The average molecular weight is 348 g/mol. The first-order valence-electron chi connectivity index (χ1n) is 6.11. The van der Waals surface area contributed by atoms with Gasteiger partial charge in [0.25, 0.3) is 0 Å². The number of carbonyl (C=O) groups is 1. The second kappa shape index (κ2) is 6.51. The van der Waals surface area contributed by atoms with Crippen LogP contribution in [0.5, 0.6) is 5.75 Å². The Kier molecular flexibility index (Phi) is 4.71. The monoisotopic (exact) mass is 347 g/mol. The van der Waals surface area contributed by atoms with Crippen molar-refractivity contribution in [1.29, 1.82) is 5.26 Å². The van der Waals surface area contributed by atoms with Gasteiger partial charge in [-0.05, 0) is 34.1 Å². The van der Waals surface area contributed by atoms with E-state index in [1.54, 1.807) is 30.3 Å². The number of benzene rings is 2. The minimum atomic E-state index is -1.13. The van der Waals surface area contributed by atoms with E-state index in [9.17, 15) is 14.4 Å². The lowest BCUT2D eigenvalue weighted by Gasteiger charge is -2.14. The van der Waals surface area contributed by atoms with Crippen LogP contribution in [-0.4, -0.2) is 12.9 Å². The number of halogens is 2. The minimum absolute atomic E-state index is 0.130. The maximum absolute atomic E-state index is 13.9. The number of hydrogen-bond donors (Lipinski definition) is 0. The van der Waals surface area contributed by atoms with Gasteiger partial charge in [0, 0.05) is 10.0 Å². The van der Waals surface area contributed by atoms with Crippen molar-refractivity contribution in [2.45, 2.75) is 5.92 Å². The summed E-state index contributed by atoms with van der Waals surface area (Å²) in [4.78, 5) is 12.5. The molecule has 21 heavy (non-hydrogen) atoms. The molecular weight excluding hydrogens is 337 g/mol. The first-order chi connectivity index (χ1) is 10.1. The van der Waals surface area contributed by atoms with Crippen LogP contribution in [0.25, 0.3) is 0 Å². The third kappa shape index (κ3) is 2.96. The second-order valence-corrected chi connectivity index (χ2v) is 5.12. The Balaban J connectivity index is 2.52. The van der Waals surface area contributed by atoms with Crippen LogP contribution >= 0.6 is 15.9 Å². The highest BCUT2D eigenvalue weighted by Gasteiger charge is 2.28. The summed E-state index contributed by atoms with van der Waals surface area (Å²) in [5.74, 6) is -1.98. The highest BCUT2D eigenvalue weighted by molar-refractivity contribution is 9.10. The van der Waals surface area contributed by atoms with E-state index in [2.05, 4.69) is 15.9 Å². The fourth-order valence-corrected chi connectivity index (χ4v) is 2.59. The number of nitrogens with zero attached hydrogens (tertiary/aromatic N) is 1. The van der Waals surface area contributed by atoms with Crippen molar-refractivity contribution in [2.75, 3.05) is 7.11 Å². The van der Waals surface area contributed by atoms with Crippen molar-refractivity contribution in [3.8, 4) is 11.8 Å². The lowest BCUT2D eigenvalue weighted by molar-refractivity contribution is 0.0973. The summed E-state index contributed by atoms with van der Waals surface area (Å²) >= 11 is 3.15. The molecule has 0 spiro atoms. The molecule has 0 saturated heterocycles. The predicted molar refractivity (Wildman–Crippen MR) is 79.8 cm³/mol. The summed E-state index contributed by atoms with van der Waals surface area (Å²) in [7, 11) is 1.46. The summed E-state index contributed by atoms with van der Waals surface area (Å²) in [6.45, 7) is 0. The van der Waals surface area contributed by atoms with E-state index in [0.29, 0.717) is 15.8 Å². The van der Waals surface area contributed by atoms with E-state index in [4.69, 9.17) is 4.74 Å². The van der Waals surface area contributed by atoms with E-state index in [-0.39, 0.29) is 5.56 Å². The predicted octanol–water partition coefficient (Wildman–Crippen LogP) is 4.09. The van der Waals surface area contributed by atoms with Crippen molar-refractivity contribution >= 4 is 21.7 Å². The molecule has 2 rings (SSSR count).